The van der Waals surface area contributed by atoms with Crippen molar-refractivity contribution >= 4 is 45.8 Å². The highest BCUT2D eigenvalue weighted by Gasteiger charge is 2.45. The smallest absolute Gasteiger partial charge is 0.193 e. The number of likely N-dealkylation sites (tertiary alicyclic amines) is 1. The topological polar surface area (TPSA) is 61.8 Å². The summed E-state index contributed by atoms with van der Waals surface area (Å²) in [6, 6.07) is 10.5. The molecule has 0 amide bonds. The molecule has 0 aromatic heterocycles. The molecule has 2 aliphatic rings. The van der Waals surface area contributed by atoms with Gasteiger partial charge in [-0.2, -0.15) is 0 Å². The summed E-state index contributed by atoms with van der Waals surface area (Å²) >= 11 is 0. The molecule has 0 radical (unpaired) electrons. The summed E-state index contributed by atoms with van der Waals surface area (Å²) in [7, 11) is -2.95. The fourth-order valence-corrected chi connectivity index (χ4v) is 5.18. The molecule has 1 heterocycles. The Morgan fingerprint density at radius 2 is 1.86 bits per heavy atom. The van der Waals surface area contributed by atoms with Crippen LogP contribution < -0.4 is 5.32 Å². The van der Waals surface area contributed by atoms with Gasteiger partial charge < -0.3 is 10.2 Å². The van der Waals surface area contributed by atoms with Gasteiger partial charge in [0, 0.05) is 37.8 Å². The van der Waals surface area contributed by atoms with Crippen LogP contribution in [0.3, 0.4) is 0 Å². The molecule has 2 fully saturated rings. The van der Waals surface area contributed by atoms with E-state index in [1.807, 2.05) is 6.07 Å². The van der Waals surface area contributed by atoms with Crippen molar-refractivity contribution in [1.29, 1.82) is 0 Å². The number of hydrogen-bond donors (Lipinski definition) is 1. The SMILES string of the molecule is CCNC(=NCC1(CS(C)(=O)=O)CC1)N1CCC(=Cc2ccccc2)CC1.I. The molecule has 1 saturated heterocycles. The Bertz CT molecular complexity index is 792. The van der Waals surface area contributed by atoms with E-state index in [9.17, 15) is 8.42 Å². The van der Waals surface area contributed by atoms with Crippen LogP contribution in [0.4, 0.5) is 0 Å². The lowest BCUT2D eigenvalue weighted by Gasteiger charge is -2.32. The number of benzene rings is 1. The fraction of sp³-hybridized carbons (Fsp3) is 0.571. The van der Waals surface area contributed by atoms with Gasteiger partial charge in [-0.25, -0.2) is 8.42 Å². The van der Waals surface area contributed by atoms with Crippen LogP contribution in [0.25, 0.3) is 6.08 Å². The minimum atomic E-state index is -2.95. The third-order valence-electron chi connectivity index (χ3n) is 5.30. The van der Waals surface area contributed by atoms with Crippen molar-refractivity contribution in [1.82, 2.24) is 10.2 Å². The Labute approximate surface area is 186 Å². The molecule has 0 bridgehead atoms. The lowest BCUT2D eigenvalue weighted by molar-refractivity contribution is 0.374. The number of guanidine groups is 1. The van der Waals surface area contributed by atoms with Crippen LogP contribution in [0.5, 0.6) is 0 Å². The van der Waals surface area contributed by atoms with E-state index in [2.05, 4.69) is 47.5 Å². The normalized spacial score (nSPS) is 19.0. The van der Waals surface area contributed by atoms with E-state index in [0.717, 1.165) is 51.3 Å². The summed E-state index contributed by atoms with van der Waals surface area (Å²) in [5.74, 6) is 1.18. The summed E-state index contributed by atoms with van der Waals surface area (Å²) in [6.45, 7) is 5.39. The van der Waals surface area contributed by atoms with Gasteiger partial charge in [-0.15, -0.1) is 24.0 Å². The number of halogens is 1. The number of piperidine rings is 1. The van der Waals surface area contributed by atoms with Gasteiger partial charge in [0.2, 0.25) is 0 Å². The molecule has 0 atom stereocenters. The van der Waals surface area contributed by atoms with Crippen LogP contribution in [0.15, 0.2) is 40.9 Å². The zero-order valence-corrected chi connectivity index (χ0v) is 20.0. The molecule has 1 aromatic carbocycles. The zero-order valence-electron chi connectivity index (χ0n) is 16.9. The molecular weight excluding hydrogens is 485 g/mol. The van der Waals surface area contributed by atoms with Gasteiger partial charge in [-0.05, 0) is 38.2 Å². The highest BCUT2D eigenvalue weighted by Crippen LogP contribution is 2.47. The Hall–Kier alpha value is -1.09. The number of hydrogen-bond acceptors (Lipinski definition) is 3. The molecule has 156 valence electrons. The summed E-state index contributed by atoms with van der Waals surface area (Å²) in [6.07, 6.45) is 7.63. The van der Waals surface area contributed by atoms with Gasteiger partial charge >= 0.3 is 0 Å². The predicted molar refractivity (Wildman–Crippen MR) is 128 cm³/mol. The van der Waals surface area contributed by atoms with E-state index in [1.54, 1.807) is 0 Å². The molecule has 3 rings (SSSR count). The summed E-state index contributed by atoms with van der Waals surface area (Å²) in [4.78, 5) is 7.12. The van der Waals surface area contributed by atoms with Crippen LogP contribution in [0.2, 0.25) is 0 Å². The fourth-order valence-electron chi connectivity index (χ4n) is 3.68. The minimum absolute atomic E-state index is 0. The van der Waals surface area contributed by atoms with Crippen molar-refractivity contribution in [3.8, 4) is 0 Å². The number of rotatable bonds is 6. The number of nitrogens with one attached hydrogen (secondary N) is 1. The average Bonchev–Trinajstić information content (AvgIpc) is 3.38. The van der Waals surface area contributed by atoms with Gasteiger partial charge in [0.15, 0.2) is 5.96 Å². The van der Waals surface area contributed by atoms with E-state index >= 15 is 0 Å². The second kappa shape index (κ2) is 10.1. The molecule has 5 nitrogen and oxygen atoms in total. The van der Waals surface area contributed by atoms with Crippen molar-refractivity contribution in [2.24, 2.45) is 10.4 Å². The molecule has 0 spiro atoms. The van der Waals surface area contributed by atoms with Crippen LogP contribution in [-0.4, -0.2) is 57.5 Å². The first kappa shape index (κ1) is 23.2. The van der Waals surface area contributed by atoms with Gasteiger partial charge in [-0.3, -0.25) is 4.99 Å². The maximum absolute atomic E-state index is 11.7. The Morgan fingerprint density at radius 1 is 1.21 bits per heavy atom. The predicted octanol–water partition coefficient (Wildman–Crippen LogP) is 3.57. The molecule has 1 saturated carbocycles. The second-order valence-electron chi connectivity index (χ2n) is 7.94. The summed E-state index contributed by atoms with van der Waals surface area (Å²) in [5, 5.41) is 3.39. The number of nitrogens with zero attached hydrogens (tertiary/aromatic N) is 2. The second-order valence-corrected chi connectivity index (χ2v) is 10.1. The van der Waals surface area contributed by atoms with Crippen LogP contribution in [0.1, 0.15) is 38.2 Å². The first-order chi connectivity index (χ1) is 12.9. The van der Waals surface area contributed by atoms with E-state index in [1.165, 1.54) is 17.4 Å². The molecule has 1 aliphatic heterocycles. The van der Waals surface area contributed by atoms with Gasteiger partial charge in [0.05, 0.1) is 5.75 Å². The van der Waals surface area contributed by atoms with Crippen molar-refractivity contribution < 1.29 is 8.42 Å². The van der Waals surface area contributed by atoms with E-state index in [4.69, 9.17) is 4.99 Å². The molecule has 1 N–H and O–H groups in total. The maximum atomic E-state index is 11.7. The Morgan fingerprint density at radius 3 is 2.39 bits per heavy atom. The lowest BCUT2D eigenvalue weighted by atomic mass is 10.0. The van der Waals surface area contributed by atoms with Crippen LogP contribution in [0, 0.1) is 5.41 Å². The first-order valence-corrected chi connectivity index (χ1v) is 11.9. The van der Waals surface area contributed by atoms with E-state index in [0.29, 0.717) is 6.54 Å². The Balaban J connectivity index is 0.00000280. The van der Waals surface area contributed by atoms with Gasteiger partial charge in [0.1, 0.15) is 9.84 Å². The molecule has 7 heteroatoms. The quantitative estimate of drug-likeness (QED) is 0.356. The van der Waals surface area contributed by atoms with Gasteiger partial charge in [-0.1, -0.05) is 42.0 Å². The van der Waals surface area contributed by atoms with Crippen molar-refractivity contribution in [3.05, 3.63) is 41.5 Å². The van der Waals surface area contributed by atoms with Crippen molar-refractivity contribution in [2.75, 3.05) is 38.2 Å². The highest BCUT2D eigenvalue weighted by molar-refractivity contribution is 14.0. The number of sulfone groups is 1. The van der Waals surface area contributed by atoms with Crippen molar-refractivity contribution in [2.45, 2.75) is 32.6 Å². The standard InChI is InChI=1S/C21H31N3O2S.HI/c1-3-22-20(23-16-21(11-12-21)17-27(2,25)26)24-13-9-19(10-14-24)15-18-7-5-4-6-8-18;/h4-8,15H,3,9-14,16-17H2,1-2H3,(H,22,23);1H. The summed E-state index contributed by atoms with van der Waals surface area (Å²) < 4.78 is 23.3. The van der Waals surface area contributed by atoms with Crippen LogP contribution in [-0.2, 0) is 9.84 Å². The molecule has 1 aromatic rings. The largest absolute Gasteiger partial charge is 0.357 e. The average molecular weight is 517 g/mol. The van der Waals surface area contributed by atoms with Crippen LogP contribution >= 0.6 is 24.0 Å². The van der Waals surface area contributed by atoms with Crippen molar-refractivity contribution in [3.63, 3.8) is 0 Å². The third-order valence-corrected chi connectivity index (χ3v) is 6.44. The maximum Gasteiger partial charge on any atom is 0.193 e. The first-order valence-electron chi connectivity index (χ1n) is 9.85. The number of aliphatic imine (C=N–C) groups is 1. The monoisotopic (exact) mass is 517 g/mol. The highest BCUT2D eigenvalue weighted by atomic mass is 127. The zero-order chi connectivity index (χ0) is 19.3. The molecule has 0 unspecified atom stereocenters. The van der Waals surface area contributed by atoms with E-state index in [-0.39, 0.29) is 35.1 Å². The summed E-state index contributed by atoms with van der Waals surface area (Å²) in [5.41, 5.74) is 2.62. The third kappa shape index (κ3) is 7.06. The van der Waals surface area contributed by atoms with Gasteiger partial charge in [0.25, 0.3) is 0 Å². The Kier molecular flexibility index (Phi) is 8.36. The lowest BCUT2D eigenvalue weighted by Crippen LogP contribution is -2.44. The van der Waals surface area contributed by atoms with E-state index < -0.39 is 9.84 Å². The molecular formula is C21H32IN3O2S. The minimum Gasteiger partial charge on any atom is -0.357 e. The molecule has 28 heavy (non-hydrogen) atoms. The molecule has 1 aliphatic carbocycles.